The number of carbonyl (C=O) groups excluding carboxylic acids is 1. The molecule has 0 amide bonds. The van der Waals surface area contributed by atoms with Crippen LogP contribution in [0.5, 0.6) is 0 Å². The van der Waals surface area contributed by atoms with Crippen LogP contribution in [0, 0.1) is 5.92 Å². The van der Waals surface area contributed by atoms with Crippen LogP contribution in [-0.4, -0.2) is 59.4 Å². The molecule has 6 heteroatoms. The van der Waals surface area contributed by atoms with E-state index >= 15 is 0 Å². The van der Waals surface area contributed by atoms with E-state index in [1.54, 1.807) is 6.20 Å². The maximum Gasteiger partial charge on any atom is 0.168 e. The lowest BCUT2D eigenvalue weighted by molar-refractivity contribution is 0.0371. The summed E-state index contributed by atoms with van der Waals surface area (Å²) in [7, 11) is 0. The highest BCUT2D eigenvalue weighted by molar-refractivity contribution is 6.00. The zero-order valence-corrected chi connectivity index (χ0v) is 18.3. The van der Waals surface area contributed by atoms with E-state index in [4.69, 9.17) is 4.74 Å². The monoisotopic (exact) mass is 402 g/mol. The number of nitrogens with zero attached hydrogens (tertiary/aromatic N) is 3. The second-order valence-corrected chi connectivity index (χ2v) is 9.82. The average molecular weight is 403 g/mol. The van der Waals surface area contributed by atoms with Crippen molar-refractivity contribution in [3.05, 3.63) is 11.8 Å². The number of rotatable bonds is 7. The SMILES string of the molecule is CC1(C)CC(C2CCCCC2)Nc2c(C(=O)CCCCN3CCOCC3)cnn21. The van der Waals surface area contributed by atoms with Crippen molar-refractivity contribution in [2.24, 2.45) is 5.92 Å². The predicted octanol–water partition coefficient (Wildman–Crippen LogP) is 4.07. The Morgan fingerprint density at radius 3 is 2.72 bits per heavy atom. The van der Waals surface area contributed by atoms with Gasteiger partial charge in [0.25, 0.3) is 0 Å². The smallest absolute Gasteiger partial charge is 0.168 e. The van der Waals surface area contributed by atoms with Crippen LogP contribution >= 0.6 is 0 Å². The second-order valence-electron chi connectivity index (χ2n) is 9.82. The minimum atomic E-state index is -0.0441. The Balaban J connectivity index is 1.36. The number of hydrogen-bond donors (Lipinski definition) is 1. The van der Waals surface area contributed by atoms with Crippen molar-refractivity contribution in [1.82, 2.24) is 14.7 Å². The number of aromatic nitrogens is 2. The van der Waals surface area contributed by atoms with Gasteiger partial charge in [0.05, 0.1) is 30.5 Å². The summed E-state index contributed by atoms with van der Waals surface area (Å²) in [6, 6.07) is 0.461. The van der Waals surface area contributed by atoms with Gasteiger partial charge in [-0.1, -0.05) is 19.3 Å². The fourth-order valence-electron chi connectivity index (χ4n) is 5.40. The van der Waals surface area contributed by atoms with Crippen LogP contribution in [-0.2, 0) is 10.3 Å². The van der Waals surface area contributed by atoms with Crippen molar-refractivity contribution in [3.63, 3.8) is 0 Å². The van der Waals surface area contributed by atoms with Gasteiger partial charge in [-0.25, -0.2) is 4.68 Å². The third-order valence-corrected chi connectivity index (χ3v) is 7.14. The number of unbranched alkanes of at least 4 members (excludes halogenated alkanes) is 1. The number of hydrogen-bond acceptors (Lipinski definition) is 5. The van der Waals surface area contributed by atoms with Gasteiger partial charge in [0, 0.05) is 25.6 Å². The molecule has 162 valence electrons. The molecule has 0 bridgehead atoms. The summed E-state index contributed by atoms with van der Waals surface area (Å²) in [4.78, 5) is 15.4. The normalized spacial score (nSPS) is 25.4. The fraction of sp³-hybridized carbons (Fsp3) is 0.826. The molecule has 1 aromatic heterocycles. The molecule has 3 heterocycles. The van der Waals surface area contributed by atoms with Crippen LogP contribution in [0.1, 0.15) is 82.0 Å². The topological polar surface area (TPSA) is 59.4 Å². The molecule has 2 aliphatic heterocycles. The van der Waals surface area contributed by atoms with Crippen molar-refractivity contribution in [2.45, 2.75) is 83.2 Å². The summed E-state index contributed by atoms with van der Waals surface area (Å²) in [5, 5.41) is 8.37. The molecule has 0 spiro atoms. The summed E-state index contributed by atoms with van der Waals surface area (Å²) < 4.78 is 7.47. The first-order valence-corrected chi connectivity index (χ1v) is 11.7. The van der Waals surface area contributed by atoms with Crippen LogP contribution < -0.4 is 5.32 Å². The molecule has 2 fully saturated rings. The summed E-state index contributed by atoms with van der Waals surface area (Å²) in [6.07, 6.45) is 12.2. The molecular weight excluding hydrogens is 364 g/mol. The van der Waals surface area contributed by atoms with E-state index in [2.05, 4.69) is 33.8 Å². The summed E-state index contributed by atoms with van der Waals surface area (Å²) in [5.41, 5.74) is 0.752. The van der Waals surface area contributed by atoms with Crippen molar-refractivity contribution in [2.75, 3.05) is 38.2 Å². The number of nitrogens with one attached hydrogen (secondary N) is 1. The van der Waals surface area contributed by atoms with Crippen molar-refractivity contribution < 1.29 is 9.53 Å². The summed E-state index contributed by atoms with van der Waals surface area (Å²) in [6.45, 7) is 9.31. The molecule has 29 heavy (non-hydrogen) atoms. The number of ether oxygens (including phenoxy) is 1. The van der Waals surface area contributed by atoms with Crippen molar-refractivity contribution >= 4 is 11.6 Å². The van der Waals surface area contributed by atoms with E-state index in [0.29, 0.717) is 12.5 Å². The maximum absolute atomic E-state index is 13.0. The van der Waals surface area contributed by atoms with Gasteiger partial charge in [0.1, 0.15) is 5.82 Å². The highest BCUT2D eigenvalue weighted by Gasteiger charge is 2.39. The largest absolute Gasteiger partial charge is 0.379 e. The van der Waals surface area contributed by atoms with E-state index in [1.165, 1.54) is 32.1 Å². The predicted molar refractivity (Wildman–Crippen MR) is 116 cm³/mol. The van der Waals surface area contributed by atoms with Crippen LogP contribution in [0.4, 0.5) is 5.82 Å². The molecule has 3 aliphatic rings. The highest BCUT2D eigenvalue weighted by Crippen LogP contribution is 2.40. The van der Waals surface area contributed by atoms with Crippen molar-refractivity contribution in [1.29, 1.82) is 0 Å². The molecule has 4 rings (SSSR count). The average Bonchev–Trinajstić information content (AvgIpc) is 3.17. The van der Waals surface area contributed by atoms with Crippen LogP contribution in [0.3, 0.4) is 0 Å². The molecule has 1 aliphatic carbocycles. The van der Waals surface area contributed by atoms with Gasteiger partial charge in [0.2, 0.25) is 0 Å². The lowest BCUT2D eigenvalue weighted by Gasteiger charge is -2.42. The minimum absolute atomic E-state index is 0.0441. The maximum atomic E-state index is 13.0. The quantitative estimate of drug-likeness (QED) is 0.550. The van der Waals surface area contributed by atoms with E-state index in [1.807, 2.05) is 0 Å². The number of carbonyl (C=O) groups is 1. The van der Waals surface area contributed by atoms with E-state index in [9.17, 15) is 4.79 Å². The van der Waals surface area contributed by atoms with E-state index in [-0.39, 0.29) is 11.3 Å². The molecule has 0 radical (unpaired) electrons. The minimum Gasteiger partial charge on any atom is -0.379 e. The van der Waals surface area contributed by atoms with Gasteiger partial charge in [0.15, 0.2) is 5.78 Å². The first kappa shape index (κ1) is 20.9. The Morgan fingerprint density at radius 2 is 1.97 bits per heavy atom. The van der Waals surface area contributed by atoms with Gasteiger partial charge < -0.3 is 10.1 Å². The molecule has 1 saturated heterocycles. The third-order valence-electron chi connectivity index (χ3n) is 7.14. The molecule has 1 aromatic rings. The molecular formula is C23H38N4O2. The first-order valence-electron chi connectivity index (χ1n) is 11.7. The van der Waals surface area contributed by atoms with Crippen LogP contribution in [0.2, 0.25) is 0 Å². The standard InChI is InChI=1S/C23H38N4O2/c1-23(2)16-20(18-8-4-3-5-9-18)25-22-19(17-24-27(22)23)21(28)10-6-7-11-26-12-14-29-15-13-26/h17-18,20,25H,3-16H2,1-2H3. The Kier molecular flexibility index (Phi) is 6.60. The van der Waals surface area contributed by atoms with Crippen molar-refractivity contribution in [3.8, 4) is 0 Å². The number of fused-ring (bicyclic) bond motifs is 1. The lowest BCUT2D eigenvalue weighted by Crippen LogP contribution is -2.45. The molecule has 1 N–H and O–H groups in total. The molecule has 0 aromatic carbocycles. The number of anilines is 1. The van der Waals surface area contributed by atoms with Gasteiger partial charge in [-0.3, -0.25) is 9.69 Å². The summed E-state index contributed by atoms with van der Waals surface area (Å²) >= 11 is 0. The fourth-order valence-corrected chi connectivity index (χ4v) is 5.40. The zero-order valence-electron chi connectivity index (χ0n) is 18.3. The first-order chi connectivity index (χ1) is 14.0. The van der Waals surface area contributed by atoms with Crippen LogP contribution in [0.25, 0.3) is 0 Å². The molecule has 1 atom stereocenters. The number of Topliss-reactive ketones (excluding diaryl/α,β-unsaturated/α-hetero) is 1. The van der Waals surface area contributed by atoms with E-state index in [0.717, 1.165) is 69.4 Å². The number of ketones is 1. The number of morpholine rings is 1. The van der Waals surface area contributed by atoms with Gasteiger partial charge >= 0.3 is 0 Å². The molecule has 1 unspecified atom stereocenters. The Hall–Kier alpha value is -1.40. The van der Waals surface area contributed by atoms with Crippen LogP contribution in [0.15, 0.2) is 6.20 Å². The van der Waals surface area contributed by atoms with E-state index < -0.39 is 0 Å². The third kappa shape index (κ3) is 4.85. The summed E-state index contributed by atoms with van der Waals surface area (Å²) in [5.74, 6) is 1.93. The Morgan fingerprint density at radius 1 is 1.21 bits per heavy atom. The Labute approximate surface area is 175 Å². The Bertz CT molecular complexity index is 687. The second kappa shape index (κ2) is 9.17. The lowest BCUT2D eigenvalue weighted by atomic mass is 9.78. The van der Waals surface area contributed by atoms with Gasteiger partial charge in [-0.15, -0.1) is 0 Å². The highest BCUT2D eigenvalue weighted by atomic mass is 16.5. The molecule has 6 nitrogen and oxygen atoms in total. The van der Waals surface area contributed by atoms with Gasteiger partial charge in [-0.2, -0.15) is 5.10 Å². The van der Waals surface area contributed by atoms with Gasteiger partial charge in [-0.05, 0) is 58.4 Å². The molecule has 1 saturated carbocycles. The zero-order chi connectivity index (χ0) is 20.3.